The molecular formula is C18H27N5O2S. The van der Waals surface area contributed by atoms with Crippen LogP contribution in [-0.4, -0.2) is 45.1 Å². The monoisotopic (exact) mass is 377 g/mol. The maximum atomic E-state index is 13.1. The number of nitrogens with zero attached hydrogens (tertiary/aromatic N) is 5. The average molecular weight is 378 g/mol. The highest BCUT2D eigenvalue weighted by atomic mass is 32.2. The molecule has 1 saturated heterocycles. The van der Waals surface area contributed by atoms with Crippen molar-refractivity contribution in [3.05, 3.63) is 29.1 Å². The topological polar surface area (TPSA) is 73.0 Å². The Balaban J connectivity index is 1.52. The summed E-state index contributed by atoms with van der Waals surface area (Å²) in [7, 11) is -1.70. The van der Waals surface area contributed by atoms with Crippen LogP contribution < -0.4 is 0 Å². The summed E-state index contributed by atoms with van der Waals surface area (Å²) in [6.45, 7) is 6.82. The van der Waals surface area contributed by atoms with Crippen LogP contribution in [0.4, 0.5) is 0 Å². The Bertz CT molecular complexity index is 939. The van der Waals surface area contributed by atoms with E-state index in [1.54, 1.807) is 23.0 Å². The van der Waals surface area contributed by atoms with E-state index < -0.39 is 10.0 Å². The minimum Gasteiger partial charge on any atom is -0.329 e. The Morgan fingerprint density at radius 2 is 1.92 bits per heavy atom. The van der Waals surface area contributed by atoms with Gasteiger partial charge in [0.1, 0.15) is 10.7 Å². The fourth-order valence-corrected chi connectivity index (χ4v) is 6.11. The molecular weight excluding hydrogens is 350 g/mol. The van der Waals surface area contributed by atoms with E-state index in [4.69, 9.17) is 0 Å². The predicted octanol–water partition coefficient (Wildman–Crippen LogP) is 2.13. The van der Waals surface area contributed by atoms with Crippen LogP contribution >= 0.6 is 0 Å². The van der Waals surface area contributed by atoms with E-state index in [9.17, 15) is 8.42 Å². The lowest BCUT2D eigenvalue weighted by Gasteiger charge is -2.17. The van der Waals surface area contributed by atoms with Gasteiger partial charge in [0.2, 0.25) is 10.0 Å². The highest BCUT2D eigenvalue weighted by molar-refractivity contribution is 7.89. The third-order valence-electron chi connectivity index (χ3n) is 5.73. The molecule has 0 bridgehead atoms. The second-order valence-corrected chi connectivity index (χ2v) is 9.64. The second-order valence-electron chi connectivity index (χ2n) is 7.76. The van der Waals surface area contributed by atoms with E-state index in [1.165, 1.54) is 18.5 Å². The van der Waals surface area contributed by atoms with Crippen molar-refractivity contribution in [1.29, 1.82) is 0 Å². The van der Waals surface area contributed by atoms with Crippen molar-refractivity contribution >= 4 is 10.0 Å². The van der Waals surface area contributed by atoms with E-state index >= 15 is 0 Å². The smallest absolute Gasteiger partial charge is 0.246 e. The van der Waals surface area contributed by atoms with Crippen LogP contribution in [0.25, 0.3) is 0 Å². The van der Waals surface area contributed by atoms with Gasteiger partial charge >= 0.3 is 0 Å². The average Bonchev–Trinajstić information content (AvgIpc) is 3.06. The summed E-state index contributed by atoms with van der Waals surface area (Å²) < 4.78 is 31.9. The van der Waals surface area contributed by atoms with Gasteiger partial charge in [-0.2, -0.15) is 9.40 Å². The minimum absolute atomic E-state index is 0.321. The molecule has 3 heterocycles. The van der Waals surface area contributed by atoms with Crippen molar-refractivity contribution in [3.8, 4) is 0 Å². The maximum Gasteiger partial charge on any atom is 0.246 e. The molecule has 2 aromatic heterocycles. The SMILES string of the molecule is Cc1nn(C)c(C)c1S(=O)(=O)N1CCC(Cc2ncc(C)n2C2CC2)C1. The molecule has 0 aromatic carbocycles. The molecule has 1 aliphatic carbocycles. The van der Waals surface area contributed by atoms with E-state index in [0.717, 1.165) is 18.7 Å². The predicted molar refractivity (Wildman–Crippen MR) is 98.5 cm³/mol. The molecule has 2 aliphatic rings. The lowest BCUT2D eigenvalue weighted by Crippen LogP contribution is -2.30. The molecule has 0 amide bonds. The van der Waals surface area contributed by atoms with Gasteiger partial charge in [0.05, 0.1) is 11.4 Å². The molecule has 26 heavy (non-hydrogen) atoms. The van der Waals surface area contributed by atoms with E-state index in [0.29, 0.717) is 41.3 Å². The van der Waals surface area contributed by atoms with Crippen molar-refractivity contribution in [3.63, 3.8) is 0 Å². The lowest BCUT2D eigenvalue weighted by molar-refractivity contribution is 0.449. The summed E-state index contributed by atoms with van der Waals surface area (Å²) in [4.78, 5) is 4.97. The van der Waals surface area contributed by atoms with Crippen molar-refractivity contribution in [1.82, 2.24) is 23.6 Å². The second kappa shape index (κ2) is 6.20. The van der Waals surface area contributed by atoms with E-state index in [2.05, 4.69) is 21.6 Å². The van der Waals surface area contributed by atoms with Gasteiger partial charge in [-0.25, -0.2) is 13.4 Å². The van der Waals surface area contributed by atoms with E-state index in [-0.39, 0.29) is 0 Å². The Hall–Kier alpha value is -1.67. The zero-order chi connectivity index (χ0) is 18.6. The molecule has 7 nitrogen and oxygen atoms in total. The molecule has 0 radical (unpaired) electrons. The number of rotatable bonds is 5. The van der Waals surface area contributed by atoms with Crippen molar-refractivity contribution in [2.75, 3.05) is 13.1 Å². The molecule has 0 N–H and O–H groups in total. The van der Waals surface area contributed by atoms with Crippen LogP contribution in [0.2, 0.25) is 0 Å². The number of aryl methyl sites for hydroxylation is 3. The first-order valence-corrected chi connectivity index (χ1v) is 10.8. The van der Waals surface area contributed by atoms with Gasteiger partial charge in [-0.3, -0.25) is 4.68 Å². The number of hydrogen-bond donors (Lipinski definition) is 0. The fourth-order valence-electron chi connectivity index (χ4n) is 4.18. The molecule has 1 atom stereocenters. The first kappa shape index (κ1) is 17.7. The fraction of sp³-hybridized carbons (Fsp3) is 0.667. The maximum absolute atomic E-state index is 13.1. The van der Waals surface area contributed by atoms with Crippen LogP contribution in [0.15, 0.2) is 11.1 Å². The highest BCUT2D eigenvalue weighted by Gasteiger charge is 2.37. The minimum atomic E-state index is -3.49. The largest absolute Gasteiger partial charge is 0.329 e. The molecule has 8 heteroatoms. The first-order valence-electron chi connectivity index (χ1n) is 9.32. The van der Waals surface area contributed by atoms with Crippen molar-refractivity contribution in [2.24, 2.45) is 13.0 Å². The Labute approximate surface area is 155 Å². The van der Waals surface area contributed by atoms with Crippen LogP contribution in [0.5, 0.6) is 0 Å². The first-order chi connectivity index (χ1) is 12.3. The molecule has 2 aromatic rings. The van der Waals surface area contributed by atoms with Gasteiger partial charge in [0, 0.05) is 44.5 Å². The Morgan fingerprint density at radius 1 is 1.19 bits per heavy atom. The van der Waals surface area contributed by atoms with Crippen molar-refractivity contribution in [2.45, 2.75) is 57.4 Å². The standard InChI is InChI=1S/C18H27N5O2S/c1-12-10-19-17(23(12)16-5-6-16)9-15-7-8-22(11-15)26(24,25)18-13(2)20-21(4)14(18)3/h10,15-16H,5-9,11H2,1-4H3. The van der Waals surface area contributed by atoms with Gasteiger partial charge in [0.25, 0.3) is 0 Å². The number of hydrogen-bond acceptors (Lipinski definition) is 4. The summed E-state index contributed by atoms with van der Waals surface area (Å²) in [6.07, 6.45) is 6.14. The third-order valence-corrected chi connectivity index (χ3v) is 7.85. The van der Waals surface area contributed by atoms with Crippen molar-refractivity contribution < 1.29 is 8.42 Å². The van der Waals surface area contributed by atoms with Crippen LogP contribution in [0.1, 0.15) is 48.2 Å². The lowest BCUT2D eigenvalue weighted by atomic mass is 10.0. The molecule has 1 aliphatic heterocycles. The van der Waals surface area contributed by atoms with E-state index in [1.807, 2.05) is 13.1 Å². The van der Waals surface area contributed by atoms with Crippen LogP contribution in [0, 0.1) is 26.7 Å². The molecule has 1 saturated carbocycles. The quantitative estimate of drug-likeness (QED) is 0.800. The van der Waals surface area contributed by atoms with Gasteiger partial charge < -0.3 is 4.57 Å². The highest BCUT2D eigenvalue weighted by Crippen LogP contribution is 2.38. The zero-order valence-electron chi connectivity index (χ0n) is 15.9. The number of aromatic nitrogens is 4. The molecule has 142 valence electrons. The van der Waals surface area contributed by atoms with Gasteiger partial charge in [-0.15, -0.1) is 0 Å². The van der Waals surface area contributed by atoms with Gasteiger partial charge in [-0.05, 0) is 46.0 Å². The summed E-state index contributed by atoms with van der Waals surface area (Å²) in [5, 5.41) is 4.27. The summed E-state index contributed by atoms with van der Waals surface area (Å²) in [5.41, 5.74) is 2.49. The molecule has 0 spiro atoms. The summed E-state index contributed by atoms with van der Waals surface area (Å²) in [6, 6.07) is 0.606. The normalized spacial score (nSPS) is 21.6. The summed E-state index contributed by atoms with van der Waals surface area (Å²) in [5.74, 6) is 1.43. The third kappa shape index (κ3) is 2.89. The van der Waals surface area contributed by atoms with Crippen LogP contribution in [0.3, 0.4) is 0 Å². The molecule has 4 rings (SSSR count). The molecule has 1 unspecified atom stereocenters. The summed E-state index contributed by atoms with van der Waals surface area (Å²) >= 11 is 0. The Kier molecular flexibility index (Phi) is 4.23. The Morgan fingerprint density at radius 3 is 2.54 bits per heavy atom. The van der Waals surface area contributed by atoms with Crippen LogP contribution in [-0.2, 0) is 23.5 Å². The van der Waals surface area contributed by atoms with Gasteiger partial charge in [-0.1, -0.05) is 0 Å². The number of sulfonamides is 1. The molecule has 2 fully saturated rings. The number of imidazole rings is 1. The zero-order valence-corrected chi connectivity index (χ0v) is 16.8. The van der Waals surface area contributed by atoms with Gasteiger partial charge in [0.15, 0.2) is 0 Å².